The van der Waals surface area contributed by atoms with E-state index in [4.69, 9.17) is 11.9 Å². The summed E-state index contributed by atoms with van der Waals surface area (Å²) in [6.07, 6.45) is 0. The van der Waals surface area contributed by atoms with E-state index in [0.717, 1.165) is 0 Å². The van der Waals surface area contributed by atoms with Crippen molar-refractivity contribution in [3.05, 3.63) is 35.9 Å². The van der Waals surface area contributed by atoms with E-state index in [-0.39, 0.29) is 6.15 Å². The van der Waals surface area contributed by atoms with Gasteiger partial charge in [0.15, 0.2) is 0 Å². The van der Waals surface area contributed by atoms with Gasteiger partial charge in [0.1, 0.15) is 11.9 Å². The average Bonchev–Trinajstić information content (AvgIpc) is 2.05. The van der Waals surface area contributed by atoms with E-state index < -0.39 is 5.97 Å². The van der Waals surface area contributed by atoms with Crippen LogP contribution in [-0.2, 0) is 4.29 Å². The lowest BCUT2D eigenvalue weighted by molar-refractivity contribution is 0.0751. The minimum Gasteiger partial charge on any atom is -0.344 e. The van der Waals surface area contributed by atoms with Gasteiger partial charge in [-0.1, -0.05) is 18.2 Å². The van der Waals surface area contributed by atoms with Gasteiger partial charge in [0.05, 0.1) is 5.56 Å². The molecule has 60 valence electrons. The van der Waals surface area contributed by atoms with Crippen molar-refractivity contribution in [3.8, 4) is 0 Å². The topological polar surface area (TPSA) is 61.3 Å². The van der Waals surface area contributed by atoms with E-state index in [1.807, 2.05) is 6.07 Å². The zero-order valence-corrected chi connectivity index (χ0v) is 6.54. The number of benzene rings is 1. The van der Waals surface area contributed by atoms with Gasteiger partial charge in [-0.3, -0.25) is 0 Å². The molecule has 0 radical (unpaired) electrons. The second kappa shape index (κ2) is 4.71. The second-order valence-electron chi connectivity index (χ2n) is 1.73. The third-order valence-electron chi connectivity index (χ3n) is 1.08. The van der Waals surface area contributed by atoms with Gasteiger partial charge in [-0.25, -0.2) is 4.79 Å². The minimum atomic E-state index is -0.526. The Morgan fingerprint density at radius 1 is 1.27 bits per heavy atom. The van der Waals surface area contributed by atoms with Crippen LogP contribution in [0.15, 0.2) is 30.3 Å². The third-order valence-corrected chi connectivity index (χ3v) is 1.22. The Kier molecular flexibility index (Phi) is 4.26. The summed E-state index contributed by atoms with van der Waals surface area (Å²) in [5.41, 5.74) is 0.456. The molecule has 0 aliphatic heterocycles. The monoisotopic (exact) mass is 173 g/mol. The molecule has 0 fully saturated rings. The summed E-state index contributed by atoms with van der Waals surface area (Å²) in [5.74, 6) is -0.526. The number of hydrogen-bond acceptors (Lipinski definition) is 3. The first-order chi connectivity index (χ1) is 4.84. The fraction of sp³-hybridized carbons (Fsp3) is 0. The summed E-state index contributed by atoms with van der Waals surface area (Å²) in [4.78, 5) is 10.7. The van der Waals surface area contributed by atoms with Crippen LogP contribution < -0.4 is 6.15 Å². The Labute approximate surface area is 69.7 Å². The smallest absolute Gasteiger partial charge is 0.344 e. The lowest BCUT2D eigenvalue weighted by Crippen LogP contribution is -1.96. The first-order valence-electron chi connectivity index (χ1n) is 2.72. The van der Waals surface area contributed by atoms with Crippen molar-refractivity contribution in [1.82, 2.24) is 6.15 Å². The van der Waals surface area contributed by atoms with E-state index in [1.165, 1.54) is 0 Å². The summed E-state index contributed by atoms with van der Waals surface area (Å²) >= 11 is 4.84. The maximum Gasteiger partial charge on any atom is 0.356 e. The Bertz CT molecular complexity index is 225. The van der Waals surface area contributed by atoms with Crippen LogP contribution in [-0.4, -0.2) is 5.97 Å². The van der Waals surface area contributed by atoms with Crippen LogP contribution in [0.25, 0.3) is 0 Å². The van der Waals surface area contributed by atoms with Crippen molar-refractivity contribution in [2.24, 2.45) is 0 Å². The molecule has 4 heteroatoms. The van der Waals surface area contributed by atoms with Gasteiger partial charge in [0.2, 0.25) is 0 Å². The Morgan fingerprint density at radius 2 is 1.82 bits per heavy atom. The molecule has 0 spiro atoms. The van der Waals surface area contributed by atoms with Crippen LogP contribution in [0.5, 0.6) is 0 Å². The molecule has 0 unspecified atom stereocenters. The van der Waals surface area contributed by atoms with E-state index >= 15 is 0 Å². The van der Waals surface area contributed by atoms with Crippen molar-refractivity contribution >= 4 is 17.8 Å². The lowest BCUT2D eigenvalue weighted by atomic mass is 10.2. The highest BCUT2D eigenvalue weighted by molar-refractivity contribution is 6.15. The van der Waals surface area contributed by atoms with Crippen molar-refractivity contribution in [2.75, 3.05) is 0 Å². The fourth-order valence-corrected chi connectivity index (χ4v) is 0.708. The van der Waals surface area contributed by atoms with Crippen LogP contribution in [0.2, 0.25) is 0 Å². The molecule has 0 bridgehead atoms. The van der Waals surface area contributed by atoms with Crippen LogP contribution >= 0.6 is 11.9 Å². The van der Waals surface area contributed by atoms with E-state index in [0.29, 0.717) is 5.56 Å². The number of hydrogen-bond donors (Lipinski definition) is 1. The molecule has 1 aromatic rings. The molecule has 1 rings (SSSR count). The molecular formula is C7H8ClNO2. The molecular weight excluding hydrogens is 166 g/mol. The fourth-order valence-electron chi connectivity index (χ4n) is 0.619. The predicted octanol–water partition coefficient (Wildman–Crippen LogP) is 2.16. The van der Waals surface area contributed by atoms with Crippen LogP contribution in [0, 0.1) is 0 Å². The average molecular weight is 174 g/mol. The summed E-state index contributed by atoms with van der Waals surface area (Å²) < 4.78 is 3.97. The Morgan fingerprint density at radius 3 is 2.27 bits per heavy atom. The van der Waals surface area contributed by atoms with E-state index in [2.05, 4.69) is 4.29 Å². The quantitative estimate of drug-likeness (QED) is 0.708. The molecule has 0 aromatic heterocycles. The Balaban J connectivity index is 0.000001000. The van der Waals surface area contributed by atoms with Crippen LogP contribution in [0.1, 0.15) is 10.4 Å². The first kappa shape index (κ1) is 9.94. The maximum atomic E-state index is 10.7. The van der Waals surface area contributed by atoms with Gasteiger partial charge in [0, 0.05) is 0 Å². The third kappa shape index (κ3) is 2.57. The van der Waals surface area contributed by atoms with Crippen molar-refractivity contribution < 1.29 is 9.08 Å². The molecule has 0 atom stereocenters. The second-order valence-corrected chi connectivity index (χ2v) is 1.88. The molecule has 0 amide bonds. The zero-order valence-electron chi connectivity index (χ0n) is 5.79. The van der Waals surface area contributed by atoms with Crippen molar-refractivity contribution in [3.63, 3.8) is 0 Å². The van der Waals surface area contributed by atoms with E-state index in [1.54, 1.807) is 24.3 Å². The maximum absolute atomic E-state index is 10.7. The van der Waals surface area contributed by atoms with Gasteiger partial charge >= 0.3 is 5.97 Å². The molecule has 3 N–H and O–H groups in total. The Hall–Kier alpha value is -1.06. The minimum absolute atomic E-state index is 0. The van der Waals surface area contributed by atoms with Gasteiger partial charge in [0.25, 0.3) is 0 Å². The number of carbonyl (C=O) groups excluding carboxylic acids is 1. The number of rotatable bonds is 1. The highest BCUT2D eigenvalue weighted by Gasteiger charge is 2.02. The van der Waals surface area contributed by atoms with Crippen LogP contribution in [0.4, 0.5) is 0 Å². The van der Waals surface area contributed by atoms with Crippen LogP contribution in [0.3, 0.4) is 0 Å². The number of halogens is 1. The molecule has 11 heavy (non-hydrogen) atoms. The van der Waals surface area contributed by atoms with Gasteiger partial charge in [-0.15, -0.1) is 0 Å². The van der Waals surface area contributed by atoms with E-state index in [9.17, 15) is 4.79 Å². The molecule has 3 nitrogen and oxygen atoms in total. The largest absolute Gasteiger partial charge is 0.356 e. The molecule has 0 saturated heterocycles. The highest BCUT2D eigenvalue weighted by Crippen LogP contribution is 2.01. The molecule has 0 aliphatic rings. The molecule has 0 saturated carbocycles. The number of carbonyl (C=O) groups is 1. The predicted molar refractivity (Wildman–Crippen MR) is 42.7 cm³/mol. The summed E-state index contributed by atoms with van der Waals surface area (Å²) in [7, 11) is 0. The van der Waals surface area contributed by atoms with Gasteiger partial charge in [-0.05, 0) is 12.1 Å². The van der Waals surface area contributed by atoms with Crippen molar-refractivity contribution in [1.29, 1.82) is 0 Å². The molecule has 0 heterocycles. The lowest BCUT2D eigenvalue weighted by Gasteiger charge is -1.92. The van der Waals surface area contributed by atoms with Gasteiger partial charge < -0.3 is 10.4 Å². The summed E-state index contributed by atoms with van der Waals surface area (Å²) in [6.45, 7) is 0. The summed E-state index contributed by atoms with van der Waals surface area (Å²) in [5, 5.41) is 0. The van der Waals surface area contributed by atoms with Gasteiger partial charge in [-0.2, -0.15) is 0 Å². The first-order valence-corrected chi connectivity index (χ1v) is 3.03. The molecule has 0 aliphatic carbocycles. The summed E-state index contributed by atoms with van der Waals surface area (Å²) in [6, 6.07) is 8.55. The molecule has 1 aromatic carbocycles. The SMILES string of the molecule is N.O=C(OCl)c1ccccc1. The zero-order chi connectivity index (χ0) is 7.40. The standard InChI is InChI=1S/C7H5ClO2.H3N/c8-10-7(9)6-4-2-1-3-5-6;/h1-5H;1H3. The van der Waals surface area contributed by atoms with Crippen molar-refractivity contribution in [2.45, 2.75) is 0 Å². The normalized spacial score (nSPS) is 8.09. The highest BCUT2D eigenvalue weighted by atomic mass is 35.5.